The summed E-state index contributed by atoms with van der Waals surface area (Å²) in [6.07, 6.45) is 3.54. The molecule has 0 saturated heterocycles. The van der Waals surface area contributed by atoms with Crippen molar-refractivity contribution in [3.63, 3.8) is 0 Å². The number of hydrogen-bond acceptors (Lipinski definition) is 3. The van der Waals surface area contributed by atoms with Gasteiger partial charge in [-0.25, -0.2) is 9.78 Å². The van der Waals surface area contributed by atoms with Gasteiger partial charge in [0.05, 0.1) is 18.1 Å². The van der Waals surface area contributed by atoms with E-state index in [1.54, 1.807) is 24.3 Å². The number of rotatable bonds is 5. The Labute approximate surface area is 109 Å². The lowest BCUT2D eigenvalue weighted by molar-refractivity contribution is 0.0696. The second-order valence-electron chi connectivity index (χ2n) is 3.97. The van der Waals surface area contributed by atoms with Gasteiger partial charge in [-0.15, -0.1) is 0 Å². The minimum atomic E-state index is -0.945. The second kappa shape index (κ2) is 5.81. The van der Waals surface area contributed by atoms with Crippen molar-refractivity contribution < 1.29 is 14.7 Å². The lowest BCUT2D eigenvalue weighted by Crippen LogP contribution is -2.25. The fourth-order valence-electron chi connectivity index (χ4n) is 1.61. The van der Waals surface area contributed by atoms with Crippen LogP contribution in [0.3, 0.4) is 0 Å². The van der Waals surface area contributed by atoms with Crippen LogP contribution in [0.25, 0.3) is 0 Å². The molecule has 2 rings (SSSR count). The van der Waals surface area contributed by atoms with Crippen LogP contribution in [0.1, 0.15) is 26.4 Å². The molecule has 0 aliphatic heterocycles. The first kappa shape index (κ1) is 12.8. The number of aromatic nitrogens is 2. The van der Waals surface area contributed by atoms with Crippen LogP contribution in [-0.2, 0) is 6.42 Å². The third-order valence-corrected chi connectivity index (χ3v) is 2.64. The van der Waals surface area contributed by atoms with Crippen LogP contribution in [0.5, 0.6) is 0 Å². The lowest BCUT2D eigenvalue weighted by atomic mass is 10.1. The smallest absolute Gasteiger partial charge is 0.335 e. The molecular formula is C13H13N3O3. The molecule has 0 saturated carbocycles. The molecule has 98 valence electrons. The topological polar surface area (TPSA) is 95.1 Å². The van der Waals surface area contributed by atoms with Crippen LogP contribution in [0, 0.1) is 0 Å². The summed E-state index contributed by atoms with van der Waals surface area (Å²) in [5.41, 5.74) is 1.64. The number of imidazole rings is 1. The van der Waals surface area contributed by atoms with E-state index < -0.39 is 5.97 Å². The Balaban J connectivity index is 1.82. The second-order valence-corrected chi connectivity index (χ2v) is 3.97. The molecule has 0 fully saturated rings. The van der Waals surface area contributed by atoms with E-state index in [9.17, 15) is 9.59 Å². The number of carbonyl (C=O) groups is 2. The van der Waals surface area contributed by atoms with E-state index in [0.717, 1.165) is 5.56 Å². The molecule has 3 N–H and O–H groups in total. The summed E-state index contributed by atoms with van der Waals surface area (Å²) in [5.74, 6) is -1.15. The largest absolute Gasteiger partial charge is 0.478 e. The van der Waals surface area contributed by atoms with Gasteiger partial charge >= 0.3 is 5.97 Å². The van der Waals surface area contributed by atoms with E-state index in [1.165, 1.54) is 12.5 Å². The van der Waals surface area contributed by atoms with Crippen LogP contribution < -0.4 is 5.32 Å². The van der Waals surface area contributed by atoms with E-state index in [1.807, 2.05) is 0 Å². The quantitative estimate of drug-likeness (QED) is 0.748. The van der Waals surface area contributed by atoms with Crippen molar-refractivity contribution in [2.75, 3.05) is 6.54 Å². The van der Waals surface area contributed by atoms with Gasteiger partial charge in [0.25, 0.3) is 5.91 Å². The van der Waals surface area contributed by atoms with Crippen LogP contribution >= 0.6 is 0 Å². The normalized spacial score (nSPS) is 10.1. The number of amides is 1. The first-order valence-corrected chi connectivity index (χ1v) is 5.75. The molecule has 1 aromatic carbocycles. The number of hydrogen-bond donors (Lipinski definition) is 3. The third kappa shape index (κ3) is 3.41. The third-order valence-electron chi connectivity index (χ3n) is 2.64. The van der Waals surface area contributed by atoms with Gasteiger partial charge in [-0.2, -0.15) is 0 Å². The molecule has 0 radical (unpaired) electrons. The molecule has 0 aliphatic rings. The number of H-pyrrole nitrogens is 1. The van der Waals surface area contributed by atoms with Crippen molar-refractivity contribution in [2.45, 2.75) is 6.42 Å². The molecule has 1 aromatic heterocycles. The van der Waals surface area contributed by atoms with Crippen molar-refractivity contribution in [3.8, 4) is 0 Å². The predicted octanol–water partition coefficient (Wildman–Crippen LogP) is 1.08. The van der Waals surface area contributed by atoms with Crippen LogP contribution in [0.2, 0.25) is 0 Å². The van der Waals surface area contributed by atoms with Crippen molar-refractivity contribution in [2.24, 2.45) is 0 Å². The maximum Gasteiger partial charge on any atom is 0.335 e. The maximum atomic E-state index is 11.6. The van der Waals surface area contributed by atoms with E-state index in [4.69, 9.17) is 5.11 Å². The van der Waals surface area contributed by atoms with E-state index >= 15 is 0 Å². The van der Waals surface area contributed by atoms with Crippen LogP contribution in [-0.4, -0.2) is 33.5 Å². The van der Waals surface area contributed by atoms with Gasteiger partial charge in [0.1, 0.15) is 5.69 Å². The Morgan fingerprint density at radius 1 is 1.26 bits per heavy atom. The zero-order valence-electron chi connectivity index (χ0n) is 10.1. The van der Waals surface area contributed by atoms with Gasteiger partial charge < -0.3 is 15.4 Å². The number of nitrogens with one attached hydrogen (secondary N) is 2. The average molecular weight is 259 g/mol. The summed E-state index contributed by atoms with van der Waals surface area (Å²) in [4.78, 5) is 28.7. The highest BCUT2D eigenvalue weighted by molar-refractivity contribution is 5.91. The van der Waals surface area contributed by atoms with Gasteiger partial charge in [-0.05, 0) is 24.1 Å². The van der Waals surface area contributed by atoms with Crippen molar-refractivity contribution in [1.29, 1.82) is 0 Å². The van der Waals surface area contributed by atoms with Crippen molar-refractivity contribution in [1.82, 2.24) is 15.3 Å². The highest BCUT2D eigenvalue weighted by Crippen LogP contribution is 2.04. The molecule has 0 spiro atoms. The Bertz CT molecular complexity index is 561. The minimum absolute atomic E-state index is 0.209. The summed E-state index contributed by atoms with van der Waals surface area (Å²) >= 11 is 0. The summed E-state index contributed by atoms with van der Waals surface area (Å²) in [6.45, 7) is 0.476. The van der Waals surface area contributed by atoms with Crippen LogP contribution in [0.4, 0.5) is 0 Å². The SMILES string of the molecule is O=C(O)c1ccc(CCNC(=O)c2cnc[nH]2)cc1. The molecule has 0 unspecified atom stereocenters. The molecule has 0 atom stereocenters. The standard InChI is InChI=1S/C13H13N3O3/c17-12(11-7-14-8-16-11)15-6-5-9-1-3-10(4-2-9)13(18)19/h1-4,7-8H,5-6H2,(H,14,16)(H,15,17)(H,18,19). The Hall–Kier alpha value is -2.63. The Morgan fingerprint density at radius 3 is 2.58 bits per heavy atom. The lowest BCUT2D eigenvalue weighted by Gasteiger charge is -2.04. The Kier molecular flexibility index (Phi) is 3.92. The highest BCUT2D eigenvalue weighted by Gasteiger charge is 2.06. The van der Waals surface area contributed by atoms with E-state index in [2.05, 4.69) is 15.3 Å². The molecule has 1 amide bonds. The predicted molar refractivity (Wildman–Crippen MR) is 68.0 cm³/mol. The molecular weight excluding hydrogens is 246 g/mol. The summed E-state index contributed by atoms with van der Waals surface area (Å²) in [5, 5.41) is 11.5. The fourth-order valence-corrected chi connectivity index (χ4v) is 1.61. The number of carboxylic acid groups (broad SMARTS) is 1. The summed E-state index contributed by atoms with van der Waals surface area (Å²) in [6, 6.07) is 6.58. The average Bonchev–Trinajstić information content (AvgIpc) is 2.93. The van der Waals surface area contributed by atoms with Gasteiger partial charge in [0.2, 0.25) is 0 Å². The number of nitrogens with zero attached hydrogens (tertiary/aromatic N) is 1. The van der Waals surface area contributed by atoms with Crippen molar-refractivity contribution >= 4 is 11.9 Å². The molecule has 0 aliphatic carbocycles. The number of carbonyl (C=O) groups excluding carboxylic acids is 1. The zero-order chi connectivity index (χ0) is 13.7. The number of carboxylic acids is 1. The minimum Gasteiger partial charge on any atom is -0.478 e. The number of aromatic carboxylic acids is 1. The first-order chi connectivity index (χ1) is 9.16. The fraction of sp³-hybridized carbons (Fsp3) is 0.154. The zero-order valence-corrected chi connectivity index (χ0v) is 10.1. The van der Waals surface area contributed by atoms with Gasteiger partial charge in [0, 0.05) is 6.54 Å². The molecule has 0 bridgehead atoms. The molecule has 6 nitrogen and oxygen atoms in total. The highest BCUT2D eigenvalue weighted by atomic mass is 16.4. The summed E-state index contributed by atoms with van der Waals surface area (Å²) in [7, 11) is 0. The van der Waals surface area contributed by atoms with Crippen molar-refractivity contribution in [3.05, 3.63) is 53.6 Å². The van der Waals surface area contributed by atoms with Crippen LogP contribution in [0.15, 0.2) is 36.8 Å². The molecule has 6 heteroatoms. The maximum absolute atomic E-state index is 11.6. The first-order valence-electron chi connectivity index (χ1n) is 5.75. The Morgan fingerprint density at radius 2 is 2.00 bits per heavy atom. The van der Waals surface area contributed by atoms with Gasteiger partial charge in [-0.1, -0.05) is 12.1 Å². The molecule has 1 heterocycles. The van der Waals surface area contributed by atoms with E-state index in [0.29, 0.717) is 18.7 Å². The van der Waals surface area contributed by atoms with E-state index in [-0.39, 0.29) is 11.5 Å². The molecule has 19 heavy (non-hydrogen) atoms. The van der Waals surface area contributed by atoms with Gasteiger partial charge in [0.15, 0.2) is 0 Å². The number of aromatic amines is 1. The monoisotopic (exact) mass is 259 g/mol. The van der Waals surface area contributed by atoms with Gasteiger partial charge in [-0.3, -0.25) is 4.79 Å². The number of benzene rings is 1. The molecule has 2 aromatic rings. The summed E-state index contributed by atoms with van der Waals surface area (Å²) < 4.78 is 0.